The number of carbonyl (C=O) groups is 1. The highest BCUT2D eigenvalue weighted by Crippen LogP contribution is 2.26. The number of hydrogen-bond donors (Lipinski definition) is 2. The number of ether oxygens (including phenoxy) is 1. The Bertz CT molecular complexity index is 727. The Balaban J connectivity index is 1.68. The maximum Gasteiger partial charge on any atom is 0.266 e. The van der Waals surface area contributed by atoms with Gasteiger partial charge in [0.1, 0.15) is 5.82 Å². The molecule has 2 heterocycles. The SMILES string of the molecule is O=C(Nc1cc(C2CCCOC2)[nH]n1)c1ccc(C(F)F)c(F)c1. The number of rotatable bonds is 4. The van der Waals surface area contributed by atoms with Gasteiger partial charge in [0.05, 0.1) is 12.2 Å². The maximum absolute atomic E-state index is 13.6. The summed E-state index contributed by atoms with van der Waals surface area (Å²) in [6, 6.07) is 4.55. The van der Waals surface area contributed by atoms with Crippen LogP contribution in [0.5, 0.6) is 0 Å². The first-order valence-electron chi connectivity index (χ1n) is 7.56. The predicted octanol–water partition coefficient (Wildman–Crippen LogP) is 3.63. The normalized spacial score (nSPS) is 17.9. The summed E-state index contributed by atoms with van der Waals surface area (Å²) in [4.78, 5) is 12.1. The molecule has 1 unspecified atom stereocenters. The van der Waals surface area contributed by atoms with Gasteiger partial charge in [0.2, 0.25) is 0 Å². The molecule has 0 radical (unpaired) electrons. The van der Waals surface area contributed by atoms with Crippen LogP contribution < -0.4 is 5.32 Å². The zero-order chi connectivity index (χ0) is 17.1. The molecular weight excluding hydrogens is 323 g/mol. The third-order valence-electron chi connectivity index (χ3n) is 3.94. The summed E-state index contributed by atoms with van der Waals surface area (Å²) in [6.07, 6.45) is -0.995. The summed E-state index contributed by atoms with van der Waals surface area (Å²) < 4.78 is 44.0. The molecule has 1 fully saturated rings. The molecule has 1 aliphatic heterocycles. The third kappa shape index (κ3) is 3.59. The van der Waals surface area contributed by atoms with Crippen LogP contribution in [0.25, 0.3) is 0 Å². The number of carbonyl (C=O) groups excluding carboxylic acids is 1. The van der Waals surface area contributed by atoms with Crippen LogP contribution in [0.2, 0.25) is 0 Å². The minimum atomic E-state index is -2.92. The Kier molecular flexibility index (Phi) is 4.84. The summed E-state index contributed by atoms with van der Waals surface area (Å²) >= 11 is 0. The first-order valence-corrected chi connectivity index (χ1v) is 7.56. The van der Waals surface area contributed by atoms with Gasteiger partial charge in [0.25, 0.3) is 12.3 Å². The van der Waals surface area contributed by atoms with Crippen molar-refractivity contribution in [3.8, 4) is 0 Å². The van der Waals surface area contributed by atoms with Gasteiger partial charge in [-0.05, 0) is 31.0 Å². The van der Waals surface area contributed by atoms with Crippen LogP contribution in [0.3, 0.4) is 0 Å². The Morgan fingerprint density at radius 2 is 2.21 bits per heavy atom. The molecule has 0 bridgehead atoms. The first kappa shape index (κ1) is 16.5. The number of halogens is 3. The highest BCUT2D eigenvalue weighted by atomic mass is 19.3. The summed E-state index contributed by atoms with van der Waals surface area (Å²) in [7, 11) is 0. The minimum Gasteiger partial charge on any atom is -0.381 e. The second-order valence-electron chi connectivity index (χ2n) is 5.61. The molecule has 2 aromatic rings. The number of hydrogen-bond acceptors (Lipinski definition) is 3. The van der Waals surface area contributed by atoms with Crippen molar-refractivity contribution in [1.82, 2.24) is 10.2 Å². The van der Waals surface area contributed by atoms with Gasteiger partial charge in [-0.2, -0.15) is 5.10 Å². The van der Waals surface area contributed by atoms with Gasteiger partial charge >= 0.3 is 0 Å². The molecule has 2 N–H and O–H groups in total. The average molecular weight is 339 g/mol. The van der Waals surface area contributed by atoms with Crippen LogP contribution >= 0.6 is 0 Å². The van der Waals surface area contributed by atoms with Gasteiger partial charge in [0, 0.05) is 29.8 Å². The van der Waals surface area contributed by atoms with E-state index in [1.54, 1.807) is 6.07 Å². The lowest BCUT2D eigenvalue weighted by molar-refractivity contribution is 0.0793. The lowest BCUT2D eigenvalue weighted by Gasteiger charge is -2.20. The van der Waals surface area contributed by atoms with Crippen molar-refractivity contribution >= 4 is 11.7 Å². The van der Waals surface area contributed by atoms with E-state index in [1.807, 2.05) is 0 Å². The number of aromatic nitrogens is 2. The van der Waals surface area contributed by atoms with Crippen LogP contribution in [0.15, 0.2) is 24.3 Å². The van der Waals surface area contributed by atoms with Gasteiger partial charge in [0.15, 0.2) is 5.82 Å². The number of alkyl halides is 2. The molecule has 0 saturated carbocycles. The Morgan fingerprint density at radius 1 is 1.38 bits per heavy atom. The van der Waals surface area contributed by atoms with E-state index in [1.165, 1.54) is 0 Å². The van der Waals surface area contributed by atoms with Crippen LogP contribution in [0, 0.1) is 5.82 Å². The summed E-state index contributed by atoms with van der Waals surface area (Å²) in [5, 5.41) is 9.37. The van der Waals surface area contributed by atoms with Gasteiger partial charge in [-0.3, -0.25) is 9.89 Å². The fourth-order valence-corrected chi connectivity index (χ4v) is 2.63. The van der Waals surface area contributed by atoms with Crippen molar-refractivity contribution in [1.29, 1.82) is 0 Å². The van der Waals surface area contributed by atoms with Crippen molar-refractivity contribution in [3.05, 3.63) is 46.9 Å². The molecule has 1 atom stereocenters. The molecule has 8 heteroatoms. The van der Waals surface area contributed by atoms with Gasteiger partial charge < -0.3 is 10.1 Å². The molecule has 1 aromatic carbocycles. The molecule has 0 aliphatic carbocycles. The van der Waals surface area contributed by atoms with Crippen molar-refractivity contribution in [2.45, 2.75) is 25.2 Å². The van der Waals surface area contributed by atoms with Crippen LogP contribution in [0.1, 0.15) is 46.8 Å². The molecular formula is C16H16F3N3O2. The summed E-state index contributed by atoms with van der Waals surface area (Å²) in [6.45, 7) is 1.34. The van der Waals surface area contributed by atoms with Crippen molar-refractivity contribution in [3.63, 3.8) is 0 Å². The number of H-pyrrole nitrogens is 1. The van der Waals surface area contributed by atoms with E-state index >= 15 is 0 Å². The van der Waals surface area contributed by atoms with E-state index in [4.69, 9.17) is 4.74 Å². The molecule has 128 valence electrons. The molecule has 1 aliphatic rings. The van der Waals surface area contributed by atoms with Crippen molar-refractivity contribution in [2.24, 2.45) is 0 Å². The molecule has 5 nitrogen and oxygen atoms in total. The molecule has 1 saturated heterocycles. The molecule has 1 amide bonds. The van der Waals surface area contributed by atoms with E-state index in [2.05, 4.69) is 15.5 Å². The highest BCUT2D eigenvalue weighted by Gasteiger charge is 2.20. The monoisotopic (exact) mass is 339 g/mol. The zero-order valence-electron chi connectivity index (χ0n) is 12.7. The number of nitrogens with one attached hydrogen (secondary N) is 2. The smallest absolute Gasteiger partial charge is 0.266 e. The fourth-order valence-electron chi connectivity index (χ4n) is 2.63. The third-order valence-corrected chi connectivity index (χ3v) is 3.94. The molecule has 1 aromatic heterocycles. The number of anilines is 1. The number of benzene rings is 1. The standard InChI is InChI=1S/C16H16F3N3O2/c17-12-6-9(3-4-11(12)15(18)19)16(23)20-14-7-13(21-22-14)10-2-1-5-24-8-10/h3-4,6-7,10,15H,1-2,5,8H2,(H2,20,21,22,23). The Morgan fingerprint density at radius 3 is 2.88 bits per heavy atom. The highest BCUT2D eigenvalue weighted by molar-refractivity contribution is 6.03. The van der Waals surface area contributed by atoms with E-state index < -0.39 is 23.7 Å². The number of amides is 1. The lowest BCUT2D eigenvalue weighted by atomic mass is 9.99. The van der Waals surface area contributed by atoms with Gasteiger partial charge in [-0.15, -0.1) is 0 Å². The lowest BCUT2D eigenvalue weighted by Crippen LogP contribution is -2.15. The Labute approximate surface area is 136 Å². The van der Waals surface area contributed by atoms with E-state index in [9.17, 15) is 18.0 Å². The molecule has 24 heavy (non-hydrogen) atoms. The summed E-state index contributed by atoms with van der Waals surface area (Å²) in [5.41, 5.74) is 0.0672. The second-order valence-corrected chi connectivity index (χ2v) is 5.61. The molecule has 0 spiro atoms. The maximum atomic E-state index is 13.6. The topological polar surface area (TPSA) is 67.0 Å². The largest absolute Gasteiger partial charge is 0.381 e. The van der Waals surface area contributed by atoms with Crippen LogP contribution in [0.4, 0.5) is 19.0 Å². The zero-order valence-corrected chi connectivity index (χ0v) is 12.7. The quantitative estimate of drug-likeness (QED) is 0.894. The predicted molar refractivity (Wildman–Crippen MR) is 80.7 cm³/mol. The van der Waals surface area contributed by atoms with Crippen LogP contribution in [-0.2, 0) is 4.74 Å². The van der Waals surface area contributed by atoms with Gasteiger partial charge in [-0.1, -0.05) is 0 Å². The van der Waals surface area contributed by atoms with Crippen LogP contribution in [-0.4, -0.2) is 29.3 Å². The van der Waals surface area contributed by atoms with E-state index in [0.29, 0.717) is 12.4 Å². The second kappa shape index (κ2) is 7.04. The summed E-state index contributed by atoms with van der Waals surface area (Å²) in [5.74, 6) is -1.24. The minimum absolute atomic E-state index is 0.0533. The number of aromatic amines is 1. The van der Waals surface area contributed by atoms with Crippen molar-refractivity contribution in [2.75, 3.05) is 18.5 Å². The Hall–Kier alpha value is -2.35. The first-order chi connectivity index (χ1) is 11.5. The average Bonchev–Trinajstić information content (AvgIpc) is 3.03. The molecule has 3 rings (SSSR count). The number of nitrogens with zero attached hydrogens (tertiary/aromatic N) is 1. The van der Waals surface area contributed by atoms with E-state index in [0.717, 1.165) is 43.3 Å². The van der Waals surface area contributed by atoms with Crippen molar-refractivity contribution < 1.29 is 22.7 Å². The fraction of sp³-hybridized carbons (Fsp3) is 0.375. The van der Waals surface area contributed by atoms with E-state index in [-0.39, 0.29) is 11.5 Å². The van der Waals surface area contributed by atoms with Gasteiger partial charge in [-0.25, -0.2) is 13.2 Å².